The maximum atomic E-state index is 11.3. The molecule has 1 amide bonds. The number of carbonyl (C=O) groups excluding carboxylic acids is 2. The van der Waals surface area contributed by atoms with Crippen molar-refractivity contribution < 1.29 is 19.1 Å². The van der Waals surface area contributed by atoms with E-state index in [4.69, 9.17) is 9.47 Å². The first kappa shape index (κ1) is 16.7. The lowest BCUT2D eigenvalue weighted by atomic mass is 10.1. The van der Waals surface area contributed by atoms with E-state index in [1.165, 1.54) is 19.8 Å². The van der Waals surface area contributed by atoms with E-state index in [0.717, 1.165) is 19.3 Å². The summed E-state index contributed by atoms with van der Waals surface area (Å²) in [5, 5.41) is 2.71. The first-order valence-electron chi connectivity index (χ1n) is 6.66. The first-order valence-corrected chi connectivity index (χ1v) is 6.66. The quantitative estimate of drug-likeness (QED) is 0.510. The maximum Gasteiger partial charge on any atom is 0.407 e. The van der Waals surface area contributed by atoms with Crippen molar-refractivity contribution in [3.8, 4) is 0 Å². The monoisotopic (exact) mass is 259 g/mol. The summed E-state index contributed by atoms with van der Waals surface area (Å²) in [6, 6.07) is -0.162. The smallest absolute Gasteiger partial charge is 0.407 e. The van der Waals surface area contributed by atoms with Crippen LogP contribution in [-0.2, 0) is 14.3 Å². The van der Waals surface area contributed by atoms with Crippen LogP contribution in [0.3, 0.4) is 0 Å². The van der Waals surface area contributed by atoms with Crippen molar-refractivity contribution >= 4 is 12.1 Å². The van der Waals surface area contributed by atoms with Crippen LogP contribution in [0.15, 0.2) is 0 Å². The second-order valence-electron chi connectivity index (χ2n) is 4.21. The Morgan fingerprint density at radius 3 is 2.39 bits per heavy atom. The molecule has 0 saturated carbocycles. The van der Waals surface area contributed by atoms with Crippen LogP contribution in [0.1, 0.15) is 52.9 Å². The summed E-state index contributed by atoms with van der Waals surface area (Å²) in [7, 11) is 0. The van der Waals surface area contributed by atoms with Gasteiger partial charge in [0.25, 0.3) is 0 Å². The second kappa shape index (κ2) is 10.9. The summed E-state index contributed by atoms with van der Waals surface area (Å²) < 4.78 is 9.75. The molecule has 5 heteroatoms. The molecule has 5 nitrogen and oxygen atoms in total. The third-order valence-corrected chi connectivity index (χ3v) is 2.49. The highest BCUT2D eigenvalue weighted by atomic mass is 16.6. The fourth-order valence-electron chi connectivity index (χ4n) is 1.57. The molecule has 0 rings (SSSR count). The normalized spacial score (nSPS) is 11.7. The number of rotatable bonds is 9. The highest BCUT2D eigenvalue weighted by molar-refractivity contribution is 5.68. The molecule has 0 bridgehead atoms. The van der Waals surface area contributed by atoms with Crippen LogP contribution in [0.4, 0.5) is 4.79 Å². The van der Waals surface area contributed by atoms with Crippen molar-refractivity contribution in [3.63, 3.8) is 0 Å². The minimum atomic E-state index is -0.454. The van der Waals surface area contributed by atoms with Gasteiger partial charge < -0.3 is 14.8 Å². The number of hydrogen-bond acceptors (Lipinski definition) is 4. The molecule has 0 aromatic heterocycles. The standard InChI is InChI=1S/C13H25NO4/c1-4-6-7-8-9-12(10-18-11(3)15)14-13(16)17-5-2/h12H,4-10H2,1-3H3,(H,14,16). The minimum Gasteiger partial charge on any atom is -0.464 e. The van der Waals surface area contributed by atoms with Gasteiger partial charge in [-0.1, -0.05) is 32.6 Å². The molecule has 106 valence electrons. The Balaban J connectivity index is 3.98. The minimum absolute atomic E-state index is 0.162. The summed E-state index contributed by atoms with van der Waals surface area (Å²) in [6.45, 7) is 5.80. The van der Waals surface area contributed by atoms with Gasteiger partial charge >= 0.3 is 12.1 Å². The van der Waals surface area contributed by atoms with E-state index in [0.29, 0.717) is 6.61 Å². The summed E-state index contributed by atoms with van der Waals surface area (Å²) in [6.07, 6.45) is 4.82. The number of carbonyl (C=O) groups is 2. The number of ether oxygens (including phenoxy) is 2. The van der Waals surface area contributed by atoms with Gasteiger partial charge in [0.05, 0.1) is 12.6 Å². The fraction of sp³-hybridized carbons (Fsp3) is 0.846. The van der Waals surface area contributed by atoms with Crippen molar-refractivity contribution in [1.82, 2.24) is 5.32 Å². The third kappa shape index (κ3) is 9.93. The van der Waals surface area contributed by atoms with E-state index in [2.05, 4.69) is 12.2 Å². The Hall–Kier alpha value is -1.26. The molecule has 0 fully saturated rings. The zero-order valence-electron chi connectivity index (χ0n) is 11.7. The third-order valence-electron chi connectivity index (χ3n) is 2.49. The predicted octanol–water partition coefficient (Wildman–Crippen LogP) is 2.63. The van der Waals surface area contributed by atoms with Crippen LogP contribution in [0, 0.1) is 0 Å². The molecule has 0 aliphatic heterocycles. The number of esters is 1. The molecule has 0 aromatic rings. The number of alkyl carbamates (subject to hydrolysis) is 1. The Morgan fingerprint density at radius 1 is 1.11 bits per heavy atom. The van der Waals surface area contributed by atoms with Gasteiger partial charge in [-0.3, -0.25) is 4.79 Å². The zero-order valence-corrected chi connectivity index (χ0v) is 11.7. The van der Waals surface area contributed by atoms with Crippen molar-refractivity contribution in [2.75, 3.05) is 13.2 Å². The lowest BCUT2D eigenvalue weighted by molar-refractivity contribution is -0.141. The number of nitrogens with one attached hydrogen (secondary N) is 1. The average Bonchev–Trinajstić information content (AvgIpc) is 2.31. The van der Waals surface area contributed by atoms with Gasteiger partial charge in [-0.05, 0) is 13.3 Å². The molecule has 0 aliphatic carbocycles. The van der Waals surface area contributed by atoms with E-state index in [-0.39, 0.29) is 18.6 Å². The molecule has 0 aromatic carbocycles. The number of amides is 1. The Morgan fingerprint density at radius 2 is 1.83 bits per heavy atom. The lowest BCUT2D eigenvalue weighted by Crippen LogP contribution is -2.39. The number of unbranched alkanes of at least 4 members (excludes halogenated alkanes) is 3. The molecule has 0 radical (unpaired) electrons. The van der Waals surface area contributed by atoms with Crippen LogP contribution < -0.4 is 5.32 Å². The van der Waals surface area contributed by atoms with E-state index < -0.39 is 6.09 Å². The van der Waals surface area contributed by atoms with E-state index >= 15 is 0 Å². The molecule has 0 heterocycles. The lowest BCUT2D eigenvalue weighted by Gasteiger charge is -2.17. The highest BCUT2D eigenvalue weighted by Gasteiger charge is 2.14. The molecular formula is C13H25NO4. The van der Waals surface area contributed by atoms with Crippen molar-refractivity contribution in [2.45, 2.75) is 58.9 Å². The van der Waals surface area contributed by atoms with E-state index in [9.17, 15) is 9.59 Å². The first-order chi connectivity index (χ1) is 8.60. The maximum absolute atomic E-state index is 11.3. The topological polar surface area (TPSA) is 64.6 Å². The molecule has 1 N–H and O–H groups in total. The molecule has 0 aliphatic rings. The van der Waals surface area contributed by atoms with Crippen LogP contribution in [0.25, 0.3) is 0 Å². The van der Waals surface area contributed by atoms with Crippen molar-refractivity contribution in [2.24, 2.45) is 0 Å². The highest BCUT2D eigenvalue weighted by Crippen LogP contribution is 2.06. The average molecular weight is 259 g/mol. The summed E-state index contributed by atoms with van der Waals surface area (Å²) in [4.78, 5) is 22.1. The van der Waals surface area contributed by atoms with Gasteiger partial charge in [0.15, 0.2) is 0 Å². The summed E-state index contributed by atoms with van der Waals surface area (Å²) in [5.41, 5.74) is 0. The van der Waals surface area contributed by atoms with Crippen molar-refractivity contribution in [1.29, 1.82) is 0 Å². The van der Waals surface area contributed by atoms with E-state index in [1.807, 2.05) is 0 Å². The van der Waals surface area contributed by atoms with Crippen LogP contribution in [0.2, 0.25) is 0 Å². The Labute approximate surface area is 109 Å². The zero-order chi connectivity index (χ0) is 13.8. The fourth-order valence-corrected chi connectivity index (χ4v) is 1.57. The van der Waals surface area contributed by atoms with Crippen molar-refractivity contribution in [3.05, 3.63) is 0 Å². The van der Waals surface area contributed by atoms with Gasteiger partial charge in [0.2, 0.25) is 0 Å². The van der Waals surface area contributed by atoms with Crippen LogP contribution >= 0.6 is 0 Å². The largest absolute Gasteiger partial charge is 0.464 e. The van der Waals surface area contributed by atoms with Gasteiger partial charge in [-0.15, -0.1) is 0 Å². The number of hydrogen-bond donors (Lipinski definition) is 1. The Kier molecular flexibility index (Phi) is 10.1. The molecule has 0 spiro atoms. The SMILES string of the molecule is CCCCCCC(COC(C)=O)NC(=O)OCC. The van der Waals surface area contributed by atoms with Gasteiger partial charge in [0.1, 0.15) is 6.61 Å². The van der Waals surface area contributed by atoms with Crippen LogP contribution in [-0.4, -0.2) is 31.3 Å². The molecule has 0 saturated heterocycles. The van der Waals surface area contributed by atoms with Gasteiger partial charge in [-0.25, -0.2) is 4.79 Å². The second-order valence-corrected chi connectivity index (χ2v) is 4.21. The summed E-state index contributed by atoms with van der Waals surface area (Å²) >= 11 is 0. The summed E-state index contributed by atoms with van der Waals surface area (Å²) in [5.74, 6) is -0.334. The van der Waals surface area contributed by atoms with Crippen LogP contribution in [0.5, 0.6) is 0 Å². The molecule has 1 unspecified atom stereocenters. The van der Waals surface area contributed by atoms with Gasteiger partial charge in [0, 0.05) is 6.92 Å². The van der Waals surface area contributed by atoms with Gasteiger partial charge in [-0.2, -0.15) is 0 Å². The molecular weight excluding hydrogens is 234 g/mol. The molecule has 1 atom stereocenters. The van der Waals surface area contributed by atoms with E-state index in [1.54, 1.807) is 6.92 Å². The molecule has 18 heavy (non-hydrogen) atoms. The predicted molar refractivity (Wildman–Crippen MR) is 69.3 cm³/mol. The Bertz CT molecular complexity index is 243.